The van der Waals surface area contributed by atoms with Gasteiger partial charge in [-0.05, 0) is 54.2 Å². The monoisotopic (exact) mass is 797 g/mol. The molecular formula is C41H55N3O13. The lowest BCUT2D eigenvalue weighted by Crippen LogP contribution is -2.55. The Balaban J connectivity index is 1.22. The highest BCUT2D eigenvalue weighted by Crippen LogP contribution is 2.53. The van der Waals surface area contributed by atoms with Crippen LogP contribution in [0.25, 0.3) is 0 Å². The number of rotatable bonds is 12. The summed E-state index contributed by atoms with van der Waals surface area (Å²) in [4.78, 5) is 44.4. The Morgan fingerprint density at radius 3 is 2.49 bits per heavy atom. The number of hydrogen-bond acceptors (Lipinski definition) is 15. The third kappa shape index (κ3) is 7.44. The molecule has 57 heavy (non-hydrogen) atoms. The molecule has 3 fully saturated rings. The number of carbonyl (C=O) groups excluding carboxylic acids is 3. The van der Waals surface area contributed by atoms with E-state index in [2.05, 4.69) is 15.5 Å². The quantitative estimate of drug-likeness (QED) is 0.167. The average molecular weight is 798 g/mol. The molecule has 0 unspecified atom stereocenters. The van der Waals surface area contributed by atoms with E-state index in [1.54, 1.807) is 13.2 Å². The van der Waals surface area contributed by atoms with Crippen LogP contribution in [0.1, 0.15) is 103 Å². The number of carbonyl (C=O) groups is 3. The third-order valence-electron chi connectivity index (χ3n) is 12.1. The number of nitrogens with one attached hydrogen (secondary N) is 2. The minimum Gasteiger partial charge on any atom is -0.507 e. The van der Waals surface area contributed by atoms with Crippen molar-refractivity contribution >= 4 is 17.5 Å². The summed E-state index contributed by atoms with van der Waals surface area (Å²) in [7, 11) is 4.77. The van der Waals surface area contributed by atoms with Crippen molar-refractivity contribution in [2.75, 3.05) is 47.6 Å². The molecule has 2 aliphatic carbocycles. The molecule has 5 aliphatic rings. The molecule has 5 N–H and O–H groups in total. The van der Waals surface area contributed by atoms with Crippen LogP contribution in [0.3, 0.4) is 0 Å². The number of aromatic hydroxyl groups is 2. The summed E-state index contributed by atoms with van der Waals surface area (Å²) in [6.45, 7) is 11.3. The van der Waals surface area contributed by atoms with Crippen LogP contribution in [0.2, 0.25) is 0 Å². The van der Waals surface area contributed by atoms with Crippen LogP contribution in [0.4, 0.5) is 0 Å². The van der Waals surface area contributed by atoms with Gasteiger partial charge in [0.25, 0.3) is 5.91 Å². The molecule has 3 aliphatic heterocycles. The van der Waals surface area contributed by atoms with Gasteiger partial charge in [0.1, 0.15) is 29.0 Å². The normalized spacial score (nSPS) is 29.9. The lowest BCUT2D eigenvalue weighted by Gasteiger charge is -2.43. The second kappa shape index (κ2) is 15.5. The topological polar surface area (TPSA) is 204 Å². The maximum absolute atomic E-state index is 14.2. The summed E-state index contributed by atoms with van der Waals surface area (Å²) in [5.41, 5.74) is -4.09. The maximum Gasteiger partial charge on any atom is 0.252 e. The van der Waals surface area contributed by atoms with Crippen molar-refractivity contribution in [1.29, 1.82) is 0 Å². The predicted octanol–water partition coefficient (Wildman–Crippen LogP) is 2.45. The number of ether oxygens (including phenoxy) is 7. The van der Waals surface area contributed by atoms with Crippen molar-refractivity contribution in [2.45, 2.75) is 120 Å². The van der Waals surface area contributed by atoms with Crippen LogP contribution in [0, 0.1) is 0 Å². The van der Waals surface area contributed by atoms with E-state index in [0.717, 1.165) is 0 Å². The van der Waals surface area contributed by atoms with E-state index >= 15 is 0 Å². The number of benzene rings is 2. The van der Waals surface area contributed by atoms with Crippen LogP contribution < -0.4 is 15.4 Å². The molecular weight excluding hydrogens is 742 g/mol. The minimum absolute atomic E-state index is 0.0175. The summed E-state index contributed by atoms with van der Waals surface area (Å²) in [5.74, 6) is -3.29. The smallest absolute Gasteiger partial charge is 0.252 e. The molecule has 3 saturated heterocycles. The van der Waals surface area contributed by atoms with Crippen molar-refractivity contribution < 1.29 is 62.9 Å². The number of ketones is 2. The highest BCUT2D eigenvalue weighted by Gasteiger charge is 2.55. The van der Waals surface area contributed by atoms with Crippen LogP contribution in [-0.4, -0.2) is 139 Å². The molecule has 0 spiro atoms. The van der Waals surface area contributed by atoms with Crippen LogP contribution in [-0.2, 0) is 39.6 Å². The van der Waals surface area contributed by atoms with E-state index in [-0.39, 0.29) is 58.7 Å². The molecule has 0 radical (unpaired) electrons. The summed E-state index contributed by atoms with van der Waals surface area (Å²) >= 11 is 0. The van der Waals surface area contributed by atoms with E-state index in [9.17, 15) is 29.7 Å². The van der Waals surface area contributed by atoms with E-state index in [1.165, 1.54) is 19.2 Å². The highest BCUT2D eigenvalue weighted by atomic mass is 16.7. The molecule has 8 atom stereocenters. The summed E-state index contributed by atoms with van der Waals surface area (Å²) in [5, 5.41) is 42.3. The van der Waals surface area contributed by atoms with Crippen LogP contribution >= 0.6 is 0 Å². The highest BCUT2D eigenvalue weighted by molar-refractivity contribution is 6.31. The van der Waals surface area contributed by atoms with Gasteiger partial charge < -0.3 is 59.1 Å². The molecule has 2 aromatic rings. The Morgan fingerprint density at radius 1 is 1.05 bits per heavy atom. The lowest BCUT2D eigenvalue weighted by atomic mass is 9.72. The summed E-state index contributed by atoms with van der Waals surface area (Å²) in [6, 6.07) is 4.34. The first-order chi connectivity index (χ1) is 26.9. The molecule has 2 aromatic carbocycles. The molecule has 7 rings (SSSR count). The summed E-state index contributed by atoms with van der Waals surface area (Å²) < 4.78 is 42.2. The fourth-order valence-electron chi connectivity index (χ4n) is 8.66. The van der Waals surface area contributed by atoms with Gasteiger partial charge in [-0.3, -0.25) is 19.3 Å². The Kier molecular flexibility index (Phi) is 11.3. The number of likely N-dealkylation sites (N-methyl/N-ethyl adjacent to an activating group) is 1. The zero-order valence-electron chi connectivity index (χ0n) is 33.8. The Labute approximate surface area is 332 Å². The van der Waals surface area contributed by atoms with Gasteiger partial charge in [-0.15, -0.1) is 0 Å². The SMILES string of the molecule is CNC(C)(C)COC(C)(C)CCNC(=O)[C@]1(O)Cc2c(O)c3c(c(O)c2[C@@H](O[C@H]2C[C@H]4[C@H](O[C@@H]5[C@@H](OC)OCCN54)[C@H](C)O2)C1)C(=O)c1c(OC)cccc1C3=O. The number of phenolic OH excluding ortho intramolecular Hbond substituents is 2. The van der Waals surface area contributed by atoms with Gasteiger partial charge in [0.05, 0.1) is 54.8 Å². The molecule has 0 aromatic heterocycles. The van der Waals surface area contributed by atoms with Gasteiger partial charge >= 0.3 is 0 Å². The summed E-state index contributed by atoms with van der Waals surface area (Å²) in [6.07, 6.45) is -4.24. The van der Waals surface area contributed by atoms with Gasteiger partial charge in [-0.1, -0.05) is 12.1 Å². The molecule has 0 saturated carbocycles. The second-order valence-electron chi connectivity index (χ2n) is 16.9. The van der Waals surface area contributed by atoms with Crippen molar-refractivity contribution in [1.82, 2.24) is 15.5 Å². The first kappa shape index (κ1) is 41.4. The zero-order valence-corrected chi connectivity index (χ0v) is 33.8. The Morgan fingerprint density at radius 2 is 1.79 bits per heavy atom. The fraction of sp³-hybridized carbons (Fsp3) is 0.634. The first-order valence-corrected chi connectivity index (χ1v) is 19.5. The number of methoxy groups -OCH3 is 2. The number of nitrogens with zero attached hydrogens (tertiary/aromatic N) is 1. The van der Waals surface area contributed by atoms with Gasteiger partial charge in [0.15, 0.2) is 24.6 Å². The molecule has 16 nitrogen and oxygen atoms in total. The maximum atomic E-state index is 14.2. The van der Waals surface area contributed by atoms with Crippen molar-refractivity contribution in [3.63, 3.8) is 0 Å². The number of aliphatic hydroxyl groups is 1. The largest absolute Gasteiger partial charge is 0.507 e. The minimum atomic E-state index is -2.18. The van der Waals surface area contributed by atoms with E-state index in [1.807, 2.05) is 41.7 Å². The average Bonchev–Trinajstić information content (AvgIpc) is 3.56. The second-order valence-corrected chi connectivity index (χ2v) is 16.9. The van der Waals surface area contributed by atoms with E-state index in [4.69, 9.17) is 33.2 Å². The Bertz CT molecular complexity index is 1920. The van der Waals surface area contributed by atoms with Gasteiger partial charge in [0, 0.05) is 67.7 Å². The molecule has 312 valence electrons. The van der Waals surface area contributed by atoms with Crippen molar-refractivity contribution in [2.24, 2.45) is 0 Å². The number of morpholine rings is 1. The van der Waals surface area contributed by atoms with E-state index in [0.29, 0.717) is 32.6 Å². The Hall–Kier alpha value is -3.71. The first-order valence-electron chi connectivity index (χ1n) is 19.5. The number of amides is 1. The molecule has 3 heterocycles. The van der Waals surface area contributed by atoms with E-state index < -0.39 is 88.7 Å². The third-order valence-corrected chi connectivity index (χ3v) is 12.1. The standard InChI is InChI=1S/C41H55N3O13/c1-20-35-23(44-14-15-53-37(52-8)36(44)57-35)16-26(55-20)56-25-18-41(50,38(49)43-13-12-40(4,5)54-19-39(2,3)42-6)17-22-28(25)34(48)30-29(32(22)46)31(45)21-10-9-11-24(51-7)27(21)33(30)47/h9-11,20,23,25-26,35-37,42,46,48,50H,12-19H2,1-8H3,(H,43,49)/t20-,23-,25-,26-,35+,36+,37-,41-/m0/s1. The van der Waals surface area contributed by atoms with Gasteiger partial charge in [-0.25, -0.2) is 0 Å². The number of hydrogen-bond donors (Lipinski definition) is 5. The van der Waals surface area contributed by atoms with Crippen molar-refractivity contribution in [3.05, 3.63) is 51.6 Å². The van der Waals surface area contributed by atoms with Gasteiger partial charge in [0.2, 0.25) is 5.78 Å². The number of phenols is 2. The fourth-order valence-corrected chi connectivity index (χ4v) is 8.66. The van der Waals surface area contributed by atoms with Gasteiger partial charge in [-0.2, -0.15) is 0 Å². The predicted molar refractivity (Wildman–Crippen MR) is 202 cm³/mol. The molecule has 16 heteroatoms. The van der Waals surface area contributed by atoms with Crippen LogP contribution in [0.15, 0.2) is 18.2 Å². The molecule has 1 amide bonds. The lowest BCUT2D eigenvalue weighted by molar-refractivity contribution is -0.256. The van der Waals surface area contributed by atoms with Crippen LogP contribution in [0.5, 0.6) is 17.2 Å². The zero-order chi connectivity index (χ0) is 41.2. The molecule has 0 bridgehead atoms. The van der Waals surface area contributed by atoms with Crippen molar-refractivity contribution in [3.8, 4) is 17.2 Å². The number of fused-ring (bicyclic) bond motifs is 6.